The molecular weight excluding hydrogens is 509 g/mol. The molecule has 2 heterocycles. The topological polar surface area (TPSA) is 85.0 Å². The zero-order valence-electron chi connectivity index (χ0n) is 22.4. The molecule has 0 spiro atoms. The highest BCUT2D eigenvalue weighted by atomic mass is 19.1. The van der Waals surface area contributed by atoms with Crippen LogP contribution in [0.25, 0.3) is 0 Å². The van der Waals surface area contributed by atoms with Crippen LogP contribution in [-0.2, 0) is 11.2 Å². The Kier molecular flexibility index (Phi) is 8.71. The highest BCUT2D eigenvalue weighted by Gasteiger charge is 2.25. The van der Waals surface area contributed by atoms with Crippen molar-refractivity contribution in [3.63, 3.8) is 0 Å². The number of nitrogens with one attached hydrogen (secondary N) is 2. The van der Waals surface area contributed by atoms with E-state index in [1.54, 1.807) is 11.0 Å². The van der Waals surface area contributed by atoms with Crippen molar-refractivity contribution in [3.05, 3.63) is 95.3 Å². The lowest BCUT2D eigenvalue weighted by atomic mass is 10.1. The molecule has 40 heavy (non-hydrogen) atoms. The van der Waals surface area contributed by atoms with Gasteiger partial charge in [-0.25, -0.2) is 4.39 Å². The largest absolute Gasteiger partial charge is 0.366 e. The summed E-state index contributed by atoms with van der Waals surface area (Å²) in [4.78, 5) is 45.0. The third-order valence-corrected chi connectivity index (χ3v) is 7.35. The standard InChI is InChI=1S/C31H34FN5O3/c32-26-10-7-24(8-11-26)30(39)37-19-17-35(18-20-37)28-12-9-25(31(40)36-15-4-13-33-14-16-36)22-27(28)34-29(38)21-23-5-2-1-3-6-23/h1-3,5-12,22,33H,4,13-21H2,(H,34,38). The van der Waals surface area contributed by atoms with Crippen LogP contribution in [0.4, 0.5) is 15.8 Å². The number of benzene rings is 3. The van der Waals surface area contributed by atoms with E-state index in [-0.39, 0.29) is 30.0 Å². The van der Waals surface area contributed by atoms with Gasteiger partial charge in [0.25, 0.3) is 11.8 Å². The lowest BCUT2D eigenvalue weighted by Gasteiger charge is -2.37. The van der Waals surface area contributed by atoms with Gasteiger partial charge in [0.15, 0.2) is 0 Å². The zero-order chi connectivity index (χ0) is 27.9. The van der Waals surface area contributed by atoms with Crippen molar-refractivity contribution in [2.75, 3.05) is 62.6 Å². The highest BCUT2D eigenvalue weighted by molar-refractivity contribution is 6.00. The number of anilines is 2. The molecule has 2 N–H and O–H groups in total. The van der Waals surface area contributed by atoms with Crippen LogP contribution in [0.1, 0.15) is 32.7 Å². The summed E-state index contributed by atoms with van der Waals surface area (Å²) in [7, 11) is 0. The molecule has 2 saturated heterocycles. The number of carbonyl (C=O) groups is 3. The van der Waals surface area contributed by atoms with E-state index in [4.69, 9.17) is 0 Å². The van der Waals surface area contributed by atoms with Crippen LogP contribution in [0.2, 0.25) is 0 Å². The minimum Gasteiger partial charge on any atom is -0.366 e. The lowest BCUT2D eigenvalue weighted by Crippen LogP contribution is -2.49. The molecule has 9 heteroatoms. The first-order chi connectivity index (χ1) is 19.5. The van der Waals surface area contributed by atoms with Gasteiger partial charge < -0.3 is 25.3 Å². The Hall–Kier alpha value is -4.24. The summed E-state index contributed by atoms with van der Waals surface area (Å²) in [6, 6.07) is 20.6. The summed E-state index contributed by atoms with van der Waals surface area (Å²) >= 11 is 0. The number of hydrogen-bond donors (Lipinski definition) is 2. The van der Waals surface area contributed by atoms with Crippen molar-refractivity contribution in [2.45, 2.75) is 12.8 Å². The second-order valence-corrected chi connectivity index (χ2v) is 10.1. The molecule has 3 amide bonds. The van der Waals surface area contributed by atoms with Crippen molar-refractivity contribution < 1.29 is 18.8 Å². The van der Waals surface area contributed by atoms with E-state index in [1.165, 1.54) is 24.3 Å². The summed E-state index contributed by atoms with van der Waals surface area (Å²) in [5.41, 5.74) is 3.28. The van der Waals surface area contributed by atoms with Crippen molar-refractivity contribution in [1.82, 2.24) is 15.1 Å². The molecule has 2 aliphatic rings. The Bertz CT molecular complexity index is 1330. The number of hydrogen-bond acceptors (Lipinski definition) is 5. The minimum absolute atomic E-state index is 0.0523. The van der Waals surface area contributed by atoms with Gasteiger partial charge in [-0.05, 0) is 61.0 Å². The monoisotopic (exact) mass is 543 g/mol. The van der Waals surface area contributed by atoms with Crippen LogP contribution in [-0.4, -0.2) is 79.9 Å². The number of amides is 3. The maximum atomic E-state index is 13.3. The zero-order valence-corrected chi connectivity index (χ0v) is 22.4. The van der Waals surface area contributed by atoms with Crippen LogP contribution >= 0.6 is 0 Å². The maximum Gasteiger partial charge on any atom is 0.253 e. The highest BCUT2D eigenvalue weighted by Crippen LogP contribution is 2.29. The van der Waals surface area contributed by atoms with E-state index in [0.29, 0.717) is 56.1 Å². The fourth-order valence-corrected chi connectivity index (χ4v) is 5.18. The Morgan fingerprint density at radius 3 is 2.17 bits per heavy atom. The molecule has 2 aliphatic heterocycles. The van der Waals surface area contributed by atoms with Crippen molar-refractivity contribution in [2.24, 2.45) is 0 Å². The average molecular weight is 544 g/mol. The number of rotatable bonds is 6. The molecule has 0 atom stereocenters. The quantitative estimate of drug-likeness (QED) is 0.498. The van der Waals surface area contributed by atoms with E-state index in [1.807, 2.05) is 47.4 Å². The maximum absolute atomic E-state index is 13.3. The fraction of sp³-hybridized carbons (Fsp3) is 0.323. The minimum atomic E-state index is -0.377. The first kappa shape index (κ1) is 27.3. The van der Waals surface area contributed by atoms with E-state index >= 15 is 0 Å². The molecule has 0 bridgehead atoms. The third-order valence-electron chi connectivity index (χ3n) is 7.35. The molecule has 0 aromatic heterocycles. The van der Waals surface area contributed by atoms with E-state index in [2.05, 4.69) is 15.5 Å². The first-order valence-corrected chi connectivity index (χ1v) is 13.8. The van der Waals surface area contributed by atoms with Gasteiger partial charge in [-0.2, -0.15) is 0 Å². The summed E-state index contributed by atoms with van der Waals surface area (Å²) < 4.78 is 13.3. The fourth-order valence-electron chi connectivity index (χ4n) is 5.18. The van der Waals surface area contributed by atoms with Crippen LogP contribution < -0.4 is 15.5 Å². The Balaban J connectivity index is 1.33. The van der Waals surface area contributed by atoms with E-state index in [0.717, 1.165) is 30.8 Å². The van der Waals surface area contributed by atoms with Gasteiger partial charge in [-0.15, -0.1) is 0 Å². The third kappa shape index (κ3) is 6.66. The van der Waals surface area contributed by atoms with Gasteiger partial charge >= 0.3 is 0 Å². The normalized spacial score (nSPS) is 15.9. The summed E-state index contributed by atoms with van der Waals surface area (Å²) in [5, 5.41) is 6.37. The van der Waals surface area contributed by atoms with Crippen LogP contribution in [0, 0.1) is 5.82 Å². The number of piperazine rings is 1. The molecule has 0 radical (unpaired) electrons. The Morgan fingerprint density at radius 1 is 0.750 bits per heavy atom. The predicted octanol–water partition coefficient (Wildman–Crippen LogP) is 3.40. The molecule has 0 unspecified atom stereocenters. The molecule has 8 nitrogen and oxygen atoms in total. The molecule has 0 saturated carbocycles. The van der Waals surface area contributed by atoms with Crippen LogP contribution in [0.5, 0.6) is 0 Å². The van der Waals surface area contributed by atoms with Gasteiger partial charge in [-0.1, -0.05) is 30.3 Å². The van der Waals surface area contributed by atoms with Gasteiger partial charge in [0.2, 0.25) is 5.91 Å². The van der Waals surface area contributed by atoms with Crippen LogP contribution in [0.3, 0.4) is 0 Å². The summed E-state index contributed by atoms with van der Waals surface area (Å²) in [6.07, 6.45) is 1.11. The first-order valence-electron chi connectivity index (χ1n) is 13.8. The predicted molar refractivity (Wildman–Crippen MR) is 153 cm³/mol. The van der Waals surface area contributed by atoms with Gasteiger partial charge in [0, 0.05) is 56.9 Å². The number of carbonyl (C=O) groups excluding carboxylic acids is 3. The Morgan fingerprint density at radius 2 is 1.43 bits per heavy atom. The lowest BCUT2D eigenvalue weighted by molar-refractivity contribution is -0.115. The second-order valence-electron chi connectivity index (χ2n) is 10.1. The molecule has 5 rings (SSSR count). The van der Waals surface area contributed by atoms with E-state index < -0.39 is 0 Å². The summed E-state index contributed by atoms with van der Waals surface area (Å²) in [5.74, 6) is -0.730. The van der Waals surface area contributed by atoms with Crippen molar-refractivity contribution in [1.29, 1.82) is 0 Å². The van der Waals surface area contributed by atoms with Crippen molar-refractivity contribution >= 4 is 29.1 Å². The average Bonchev–Trinajstić information content (AvgIpc) is 3.27. The molecule has 2 fully saturated rings. The SMILES string of the molecule is O=C(Cc1ccccc1)Nc1cc(C(=O)N2CCCNCC2)ccc1N1CCN(C(=O)c2ccc(F)cc2)CC1. The van der Waals surface area contributed by atoms with Crippen molar-refractivity contribution in [3.8, 4) is 0 Å². The molecule has 208 valence electrons. The number of nitrogens with zero attached hydrogens (tertiary/aromatic N) is 3. The molecule has 0 aliphatic carbocycles. The number of halogens is 1. The second kappa shape index (κ2) is 12.7. The molecular formula is C31H34FN5O3. The van der Waals surface area contributed by atoms with E-state index in [9.17, 15) is 18.8 Å². The summed E-state index contributed by atoms with van der Waals surface area (Å²) in [6.45, 7) is 5.04. The smallest absolute Gasteiger partial charge is 0.253 e. The molecule has 3 aromatic carbocycles. The molecule has 3 aromatic rings. The van der Waals surface area contributed by atoms with Crippen LogP contribution in [0.15, 0.2) is 72.8 Å². The van der Waals surface area contributed by atoms with Gasteiger partial charge in [0.1, 0.15) is 5.82 Å². The Labute approximate surface area is 233 Å². The van der Waals surface area contributed by atoms with Gasteiger partial charge in [-0.3, -0.25) is 14.4 Å². The van der Waals surface area contributed by atoms with Gasteiger partial charge in [0.05, 0.1) is 17.8 Å².